The molecule has 0 atom stereocenters. The van der Waals surface area contributed by atoms with Gasteiger partial charge < -0.3 is 5.21 Å². The van der Waals surface area contributed by atoms with Crippen molar-refractivity contribution in [2.24, 2.45) is 5.16 Å². The van der Waals surface area contributed by atoms with Crippen molar-refractivity contribution in [3.8, 4) is 0 Å². The zero-order chi connectivity index (χ0) is 10.1. The minimum absolute atomic E-state index is 0.0764. The molecule has 0 saturated carbocycles. The number of oxime groups is 1. The van der Waals surface area contributed by atoms with E-state index < -0.39 is 11.9 Å². The van der Waals surface area contributed by atoms with Gasteiger partial charge >= 0.3 is 6.18 Å². The van der Waals surface area contributed by atoms with Crippen molar-refractivity contribution in [1.82, 2.24) is 0 Å². The molecule has 2 nitrogen and oxygen atoms in total. The number of thiophene rings is 1. The standard InChI is InChI=1S/C7H6F3NOS/c1-4-2-3-5(13-4)6(11-12)7(8,9)10/h2-3,12H,1H3/b11-6+. The highest BCUT2D eigenvalue weighted by Gasteiger charge is 2.38. The van der Waals surface area contributed by atoms with E-state index in [2.05, 4.69) is 5.16 Å². The minimum atomic E-state index is -4.61. The number of halogens is 3. The van der Waals surface area contributed by atoms with Crippen LogP contribution in [0.15, 0.2) is 17.3 Å². The van der Waals surface area contributed by atoms with Crippen LogP contribution in [0.5, 0.6) is 0 Å². The maximum absolute atomic E-state index is 12.1. The Bertz CT molecular complexity index is 329. The molecule has 0 aromatic carbocycles. The molecule has 0 bridgehead atoms. The Labute approximate surface area is 76.3 Å². The van der Waals surface area contributed by atoms with Crippen molar-refractivity contribution in [3.05, 3.63) is 21.9 Å². The Balaban J connectivity index is 3.06. The Morgan fingerprint density at radius 3 is 2.38 bits per heavy atom. The predicted molar refractivity (Wildman–Crippen MR) is 43.4 cm³/mol. The summed E-state index contributed by atoms with van der Waals surface area (Å²) in [6, 6.07) is 2.82. The third-order valence-corrected chi connectivity index (χ3v) is 2.35. The summed E-state index contributed by atoms with van der Waals surface area (Å²) in [5.41, 5.74) is -1.24. The summed E-state index contributed by atoms with van der Waals surface area (Å²) >= 11 is 0.937. The average molecular weight is 209 g/mol. The first kappa shape index (κ1) is 10.0. The molecule has 0 radical (unpaired) electrons. The van der Waals surface area contributed by atoms with Crippen molar-refractivity contribution in [1.29, 1.82) is 0 Å². The van der Waals surface area contributed by atoms with Gasteiger partial charge in [0.1, 0.15) is 0 Å². The van der Waals surface area contributed by atoms with Crippen LogP contribution in [0.2, 0.25) is 0 Å². The molecule has 0 aliphatic carbocycles. The summed E-state index contributed by atoms with van der Waals surface area (Å²) in [6.07, 6.45) is -4.61. The molecule has 1 heterocycles. The molecule has 0 aliphatic heterocycles. The second-order valence-corrected chi connectivity index (χ2v) is 3.64. The predicted octanol–water partition coefficient (Wildman–Crippen LogP) is 2.80. The molecule has 1 N–H and O–H groups in total. The topological polar surface area (TPSA) is 32.6 Å². The van der Waals surface area contributed by atoms with Gasteiger partial charge in [0.25, 0.3) is 0 Å². The quantitative estimate of drug-likeness (QED) is 0.430. The normalized spacial score (nSPS) is 13.4. The van der Waals surface area contributed by atoms with Crippen LogP contribution in [0.25, 0.3) is 0 Å². The maximum Gasteiger partial charge on any atom is 0.438 e. The first-order chi connectivity index (χ1) is 5.95. The van der Waals surface area contributed by atoms with E-state index >= 15 is 0 Å². The monoisotopic (exact) mass is 209 g/mol. The fraction of sp³-hybridized carbons (Fsp3) is 0.286. The molecular weight excluding hydrogens is 203 g/mol. The molecule has 13 heavy (non-hydrogen) atoms. The van der Waals surface area contributed by atoms with Gasteiger partial charge in [-0.3, -0.25) is 0 Å². The number of nitrogens with zero attached hydrogens (tertiary/aromatic N) is 1. The second-order valence-electron chi connectivity index (χ2n) is 2.36. The molecule has 0 aliphatic rings. The number of hydrogen-bond donors (Lipinski definition) is 1. The Kier molecular flexibility index (Phi) is 2.60. The Morgan fingerprint density at radius 2 is 2.08 bits per heavy atom. The fourth-order valence-corrected chi connectivity index (χ4v) is 1.68. The number of rotatable bonds is 1. The van der Waals surface area contributed by atoms with Crippen LogP contribution in [0, 0.1) is 6.92 Å². The van der Waals surface area contributed by atoms with Gasteiger partial charge in [0, 0.05) is 4.88 Å². The van der Waals surface area contributed by atoms with Crippen LogP contribution in [0.1, 0.15) is 9.75 Å². The molecule has 1 aromatic heterocycles. The van der Waals surface area contributed by atoms with Crippen LogP contribution in [-0.4, -0.2) is 17.1 Å². The first-order valence-corrected chi connectivity index (χ1v) is 4.13. The summed E-state index contributed by atoms with van der Waals surface area (Å²) in [6.45, 7) is 1.68. The van der Waals surface area contributed by atoms with Gasteiger partial charge in [-0.1, -0.05) is 5.16 Å². The zero-order valence-corrected chi connectivity index (χ0v) is 7.41. The van der Waals surface area contributed by atoms with E-state index in [0.29, 0.717) is 0 Å². The molecular formula is C7H6F3NOS. The highest BCUT2D eigenvalue weighted by Crippen LogP contribution is 2.26. The van der Waals surface area contributed by atoms with Gasteiger partial charge in [0.15, 0.2) is 0 Å². The summed E-state index contributed by atoms with van der Waals surface area (Å²) in [5, 5.41) is 10.4. The van der Waals surface area contributed by atoms with Crippen molar-refractivity contribution in [2.75, 3.05) is 0 Å². The first-order valence-electron chi connectivity index (χ1n) is 3.31. The Hall–Kier alpha value is -1.04. The lowest BCUT2D eigenvalue weighted by atomic mass is 10.3. The van der Waals surface area contributed by atoms with Crippen LogP contribution >= 0.6 is 11.3 Å². The van der Waals surface area contributed by atoms with E-state index in [9.17, 15) is 13.2 Å². The van der Waals surface area contributed by atoms with Gasteiger partial charge in [-0.05, 0) is 19.1 Å². The summed E-state index contributed by atoms with van der Waals surface area (Å²) < 4.78 is 36.4. The van der Waals surface area contributed by atoms with Crippen molar-refractivity contribution in [3.63, 3.8) is 0 Å². The number of hydrogen-bond acceptors (Lipinski definition) is 3. The highest BCUT2D eigenvalue weighted by molar-refractivity contribution is 7.14. The van der Waals surface area contributed by atoms with Crippen molar-refractivity contribution < 1.29 is 18.4 Å². The fourth-order valence-electron chi connectivity index (χ4n) is 0.807. The number of alkyl halides is 3. The molecule has 0 saturated heterocycles. The van der Waals surface area contributed by atoms with Gasteiger partial charge in [-0.2, -0.15) is 13.2 Å². The van der Waals surface area contributed by atoms with Crippen molar-refractivity contribution >= 4 is 17.0 Å². The van der Waals surface area contributed by atoms with E-state index in [1.165, 1.54) is 12.1 Å². The van der Waals surface area contributed by atoms with Crippen LogP contribution in [0.4, 0.5) is 13.2 Å². The maximum atomic E-state index is 12.1. The molecule has 1 aromatic rings. The van der Waals surface area contributed by atoms with Crippen molar-refractivity contribution in [2.45, 2.75) is 13.1 Å². The molecule has 0 amide bonds. The van der Waals surface area contributed by atoms with Crippen LogP contribution in [-0.2, 0) is 0 Å². The molecule has 0 fully saturated rings. The smallest absolute Gasteiger partial charge is 0.410 e. The lowest BCUT2D eigenvalue weighted by Gasteiger charge is -2.05. The molecule has 0 unspecified atom stereocenters. The zero-order valence-electron chi connectivity index (χ0n) is 6.59. The van der Waals surface area contributed by atoms with Gasteiger partial charge in [0.05, 0.1) is 4.88 Å². The second kappa shape index (κ2) is 3.37. The largest absolute Gasteiger partial charge is 0.438 e. The average Bonchev–Trinajstić information content (AvgIpc) is 2.34. The van der Waals surface area contributed by atoms with Crippen LogP contribution in [0.3, 0.4) is 0 Å². The molecule has 1 rings (SSSR count). The van der Waals surface area contributed by atoms with E-state index in [4.69, 9.17) is 5.21 Å². The molecule has 72 valence electrons. The number of aryl methyl sites for hydroxylation is 1. The lowest BCUT2D eigenvalue weighted by Crippen LogP contribution is -2.22. The molecule has 6 heteroatoms. The molecule has 0 spiro atoms. The SMILES string of the molecule is Cc1ccc(/C(=N\O)C(F)(F)F)s1. The van der Waals surface area contributed by atoms with E-state index in [1.807, 2.05) is 0 Å². The summed E-state index contributed by atoms with van der Waals surface area (Å²) in [5.74, 6) is 0. The minimum Gasteiger partial charge on any atom is -0.410 e. The van der Waals surface area contributed by atoms with E-state index in [0.717, 1.165) is 16.2 Å². The summed E-state index contributed by atoms with van der Waals surface area (Å²) in [7, 11) is 0. The van der Waals surface area contributed by atoms with Crippen LogP contribution < -0.4 is 0 Å². The third-order valence-electron chi connectivity index (χ3n) is 1.34. The lowest BCUT2D eigenvalue weighted by molar-refractivity contribution is -0.0599. The van der Waals surface area contributed by atoms with E-state index in [1.54, 1.807) is 6.92 Å². The summed E-state index contributed by atoms with van der Waals surface area (Å²) in [4.78, 5) is 0.660. The van der Waals surface area contributed by atoms with Gasteiger partial charge in [-0.25, -0.2) is 0 Å². The van der Waals surface area contributed by atoms with E-state index in [-0.39, 0.29) is 4.88 Å². The van der Waals surface area contributed by atoms with Gasteiger partial charge in [0.2, 0.25) is 5.71 Å². The van der Waals surface area contributed by atoms with Gasteiger partial charge in [-0.15, -0.1) is 11.3 Å². The highest BCUT2D eigenvalue weighted by atomic mass is 32.1. The Morgan fingerprint density at radius 1 is 1.46 bits per heavy atom. The third kappa shape index (κ3) is 2.21.